The number of nitrogens with one attached hydrogen (secondary N) is 1. The van der Waals surface area contributed by atoms with Crippen molar-refractivity contribution in [1.29, 1.82) is 0 Å². The lowest BCUT2D eigenvalue weighted by molar-refractivity contribution is 0.640. The van der Waals surface area contributed by atoms with Crippen LogP contribution in [0.1, 0.15) is 19.4 Å². The fourth-order valence-electron chi connectivity index (χ4n) is 1.09. The van der Waals surface area contributed by atoms with Crippen LogP contribution in [0.5, 0.6) is 0 Å². The van der Waals surface area contributed by atoms with Crippen LogP contribution in [-0.2, 0) is 6.42 Å². The number of hydrogen-bond donors (Lipinski definition) is 1. The smallest absolute Gasteiger partial charge is 0.256 e. The topological polar surface area (TPSA) is 75.2 Å². The van der Waals surface area contributed by atoms with Gasteiger partial charge in [0.05, 0.1) is 11.9 Å². The monoisotopic (exact) mass is 181 g/mol. The highest BCUT2D eigenvalue weighted by atomic mass is 16.3. The molecule has 1 heterocycles. The predicted molar refractivity (Wildman–Crippen MR) is 48.9 cm³/mol. The maximum Gasteiger partial charge on any atom is 0.256 e. The van der Waals surface area contributed by atoms with E-state index < -0.39 is 0 Å². The number of nitrogens with zero attached hydrogens (tertiary/aromatic N) is 2. The first-order chi connectivity index (χ1) is 6.15. The Morgan fingerprint density at radius 2 is 2.31 bits per heavy atom. The molecule has 0 aliphatic rings. The number of aromatic nitrogens is 2. The summed E-state index contributed by atoms with van der Waals surface area (Å²) in [4.78, 5) is 27.6. The second-order valence-corrected chi connectivity index (χ2v) is 3.22. The quantitative estimate of drug-likeness (QED) is 0.715. The van der Waals surface area contributed by atoms with Crippen molar-refractivity contribution in [3.05, 3.63) is 27.2 Å². The van der Waals surface area contributed by atoms with E-state index in [1.807, 2.05) is 13.8 Å². The molecular weight excluding hydrogens is 170 g/mol. The summed E-state index contributed by atoms with van der Waals surface area (Å²) in [7, 11) is 0. The van der Waals surface area contributed by atoms with Gasteiger partial charge in [-0.3, -0.25) is 4.79 Å². The number of hydrogen-bond acceptors (Lipinski definition) is 4. The molecule has 0 saturated heterocycles. The summed E-state index contributed by atoms with van der Waals surface area (Å²) >= 11 is 0. The van der Waals surface area contributed by atoms with Crippen molar-refractivity contribution in [3.8, 4) is 0 Å². The van der Waals surface area contributed by atoms with Crippen molar-refractivity contribution >= 4 is 5.82 Å². The van der Waals surface area contributed by atoms with Gasteiger partial charge in [0.1, 0.15) is 0 Å². The maximum absolute atomic E-state index is 11.2. The zero-order valence-electron chi connectivity index (χ0n) is 7.57. The van der Waals surface area contributed by atoms with Crippen molar-refractivity contribution in [3.63, 3.8) is 0 Å². The molecule has 0 amide bonds. The Kier molecular flexibility index (Phi) is 2.89. The SMILES string of the molecule is CC(C)Cc1c(N=O)nc[nH]c1=O. The van der Waals surface area contributed by atoms with E-state index in [4.69, 9.17) is 0 Å². The summed E-state index contributed by atoms with van der Waals surface area (Å²) in [6, 6.07) is 0. The van der Waals surface area contributed by atoms with Crippen LogP contribution in [0.3, 0.4) is 0 Å². The van der Waals surface area contributed by atoms with Gasteiger partial charge < -0.3 is 4.98 Å². The first-order valence-electron chi connectivity index (χ1n) is 4.05. The molecule has 0 radical (unpaired) electrons. The van der Waals surface area contributed by atoms with E-state index in [-0.39, 0.29) is 11.4 Å². The van der Waals surface area contributed by atoms with Gasteiger partial charge in [0, 0.05) is 0 Å². The molecule has 5 nitrogen and oxygen atoms in total. The van der Waals surface area contributed by atoms with E-state index in [1.54, 1.807) is 0 Å². The Morgan fingerprint density at radius 3 is 2.85 bits per heavy atom. The molecule has 0 fully saturated rings. The highest BCUT2D eigenvalue weighted by Gasteiger charge is 2.10. The van der Waals surface area contributed by atoms with Crippen LogP contribution < -0.4 is 5.56 Å². The van der Waals surface area contributed by atoms with Crippen LogP contribution in [0.2, 0.25) is 0 Å². The molecule has 0 saturated carbocycles. The molecule has 5 heteroatoms. The molecule has 70 valence electrons. The Labute approximate surface area is 75.2 Å². The van der Waals surface area contributed by atoms with E-state index in [2.05, 4.69) is 15.1 Å². The molecule has 1 aromatic heterocycles. The highest BCUT2D eigenvalue weighted by Crippen LogP contribution is 2.13. The molecule has 1 aromatic rings. The number of rotatable bonds is 3. The second kappa shape index (κ2) is 3.93. The molecule has 0 unspecified atom stereocenters. The van der Waals surface area contributed by atoms with Gasteiger partial charge in [0.25, 0.3) is 5.56 Å². The third kappa shape index (κ3) is 2.21. The Morgan fingerprint density at radius 1 is 1.62 bits per heavy atom. The minimum Gasteiger partial charge on any atom is -0.313 e. The van der Waals surface area contributed by atoms with Gasteiger partial charge in [-0.2, -0.15) is 0 Å². The van der Waals surface area contributed by atoms with Crippen molar-refractivity contribution in [1.82, 2.24) is 9.97 Å². The molecule has 0 atom stereocenters. The summed E-state index contributed by atoms with van der Waals surface area (Å²) in [5.41, 5.74) is 0.0887. The van der Waals surface area contributed by atoms with Crippen LogP contribution in [0.4, 0.5) is 5.82 Å². The van der Waals surface area contributed by atoms with Gasteiger partial charge in [0.2, 0.25) is 5.82 Å². The summed E-state index contributed by atoms with van der Waals surface area (Å²) < 4.78 is 0. The van der Waals surface area contributed by atoms with Gasteiger partial charge in [-0.25, -0.2) is 4.98 Å². The van der Waals surface area contributed by atoms with Gasteiger partial charge in [-0.15, -0.1) is 4.91 Å². The summed E-state index contributed by atoms with van der Waals surface area (Å²) in [5.74, 6) is 0.295. The molecular formula is C8H11N3O2. The Bertz CT molecular complexity index is 357. The van der Waals surface area contributed by atoms with Crippen molar-refractivity contribution in [2.45, 2.75) is 20.3 Å². The van der Waals surface area contributed by atoms with Crippen LogP contribution in [-0.4, -0.2) is 9.97 Å². The number of aromatic amines is 1. The third-order valence-electron chi connectivity index (χ3n) is 1.63. The molecule has 1 rings (SSSR count). The average Bonchev–Trinajstić information content (AvgIpc) is 2.08. The summed E-state index contributed by atoms with van der Waals surface area (Å²) in [6.07, 6.45) is 1.70. The zero-order chi connectivity index (χ0) is 9.84. The number of nitroso groups, excluding NO2 is 1. The van der Waals surface area contributed by atoms with Crippen molar-refractivity contribution in [2.75, 3.05) is 0 Å². The van der Waals surface area contributed by atoms with Crippen LogP contribution >= 0.6 is 0 Å². The Balaban J connectivity index is 3.15. The standard InChI is InChI=1S/C8H11N3O2/c1-5(2)3-6-7(11-13)9-4-10-8(6)12/h4-5H,3H2,1-2H3,(H,9,10,12). The number of H-pyrrole nitrogens is 1. The first-order valence-corrected chi connectivity index (χ1v) is 4.05. The maximum atomic E-state index is 11.2. The largest absolute Gasteiger partial charge is 0.313 e. The molecule has 0 bridgehead atoms. The summed E-state index contributed by atoms with van der Waals surface area (Å²) in [5, 5.41) is 2.70. The third-order valence-corrected chi connectivity index (χ3v) is 1.63. The minimum atomic E-state index is -0.279. The predicted octanol–water partition coefficient (Wildman–Crippen LogP) is 1.37. The van der Waals surface area contributed by atoms with Crippen LogP contribution in [0.25, 0.3) is 0 Å². The van der Waals surface area contributed by atoms with E-state index in [9.17, 15) is 9.70 Å². The van der Waals surface area contributed by atoms with Crippen molar-refractivity contribution < 1.29 is 0 Å². The lowest BCUT2D eigenvalue weighted by atomic mass is 10.1. The second-order valence-electron chi connectivity index (χ2n) is 3.22. The normalized spacial score (nSPS) is 10.4. The van der Waals surface area contributed by atoms with E-state index in [0.717, 1.165) is 0 Å². The molecule has 0 spiro atoms. The lowest BCUT2D eigenvalue weighted by Gasteiger charge is -2.03. The average molecular weight is 181 g/mol. The van der Waals surface area contributed by atoms with Crippen LogP contribution in [0, 0.1) is 10.8 Å². The van der Waals surface area contributed by atoms with Crippen molar-refractivity contribution in [2.24, 2.45) is 11.1 Å². The zero-order valence-corrected chi connectivity index (χ0v) is 7.57. The fraction of sp³-hybridized carbons (Fsp3) is 0.500. The summed E-state index contributed by atoms with van der Waals surface area (Å²) in [6.45, 7) is 3.92. The molecule has 1 N–H and O–H groups in total. The van der Waals surface area contributed by atoms with Gasteiger partial charge >= 0.3 is 0 Å². The van der Waals surface area contributed by atoms with Gasteiger partial charge in [-0.05, 0) is 17.5 Å². The first kappa shape index (κ1) is 9.57. The molecule has 13 heavy (non-hydrogen) atoms. The molecule has 0 aromatic carbocycles. The molecule has 0 aliphatic heterocycles. The lowest BCUT2D eigenvalue weighted by Crippen LogP contribution is -2.14. The van der Waals surface area contributed by atoms with E-state index in [1.165, 1.54) is 6.33 Å². The van der Waals surface area contributed by atoms with Gasteiger partial charge in [-0.1, -0.05) is 13.8 Å². The fourth-order valence-corrected chi connectivity index (χ4v) is 1.09. The van der Waals surface area contributed by atoms with E-state index >= 15 is 0 Å². The van der Waals surface area contributed by atoms with Gasteiger partial charge in [0.15, 0.2) is 0 Å². The highest BCUT2D eigenvalue weighted by molar-refractivity contribution is 5.35. The van der Waals surface area contributed by atoms with E-state index in [0.29, 0.717) is 17.9 Å². The molecule has 0 aliphatic carbocycles. The Hall–Kier alpha value is -1.52. The minimum absolute atomic E-state index is 0.00236. The van der Waals surface area contributed by atoms with Crippen LogP contribution in [0.15, 0.2) is 16.3 Å².